The van der Waals surface area contributed by atoms with Crippen molar-refractivity contribution >= 4 is 23.4 Å². The van der Waals surface area contributed by atoms with E-state index in [0.717, 1.165) is 16.8 Å². The monoisotopic (exact) mass is 383 g/mol. The average molecular weight is 383 g/mol. The van der Waals surface area contributed by atoms with Crippen LogP contribution in [0.25, 0.3) is 0 Å². The Labute approximate surface area is 164 Å². The number of rotatable bonds is 7. The molecule has 2 aromatic rings. The van der Waals surface area contributed by atoms with Crippen molar-refractivity contribution in [3.8, 4) is 5.75 Å². The third kappa shape index (κ3) is 6.75. The van der Waals surface area contributed by atoms with Crippen LogP contribution in [0.4, 0.5) is 5.69 Å². The molecule has 0 aliphatic carbocycles. The molecule has 0 saturated heterocycles. The van der Waals surface area contributed by atoms with Crippen LogP contribution in [0.1, 0.15) is 30.9 Å². The second kappa shape index (κ2) is 10.1. The van der Waals surface area contributed by atoms with Gasteiger partial charge in [0.1, 0.15) is 5.75 Å². The van der Waals surface area contributed by atoms with Crippen molar-refractivity contribution in [1.82, 2.24) is 10.9 Å². The Hall–Kier alpha value is -3.35. The Morgan fingerprint density at radius 3 is 2.32 bits per heavy atom. The van der Waals surface area contributed by atoms with Gasteiger partial charge >= 0.3 is 0 Å². The second-order valence-corrected chi connectivity index (χ2v) is 6.48. The van der Waals surface area contributed by atoms with Gasteiger partial charge in [-0.15, -0.1) is 0 Å². The van der Waals surface area contributed by atoms with Crippen LogP contribution in [0.2, 0.25) is 0 Å². The van der Waals surface area contributed by atoms with Gasteiger partial charge in [-0.05, 0) is 50.1 Å². The number of hydrogen-bond donors (Lipinski definition) is 3. The molecule has 0 bridgehead atoms. The molecule has 3 N–H and O–H groups in total. The van der Waals surface area contributed by atoms with E-state index in [1.807, 2.05) is 38.1 Å². The highest BCUT2D eigenvalue weighted by molar-refractivity contribution is 5.94. The first kappa shape index (κ1) is 21.0. The molecule has 0 radical (unpaired) electrons. The maximum absolute atomic E-state index is 12.0. The van der Waals surface area contributed by atoms with E-state index in [1.165, 1.54) is 0 Å². The highest BCUT2D eigenvalue weighted by Crippen LogP contribution is 2.16. The number of carbonyl (C=O) groups excluding carboxylic acids is 3. The molecule has 0 saturated carbocycles. The fourth-order valence-corrected chi connectivity index (χ4v) is 2.36. The lowest BCUT2D eigenvalue weighted by Gasteiger charge is -2.15. The van der Waals surface area contributed by atoms with Crippen molar-refractivity contribution in [3.05, 3.63) is 59.7 Å². The lowest BCUT2D eigenvalue weighted by atomic mass is 10.1. The maximum Gasteiger partial charge on any atom is 0.279 e. The fourth-order valence-electron chi connectivity index (χ4n) is 2.36. The van der Waals surface area contributed by atoms with E-state index in [1.54, 1.807) is 31.2 Å². The molecule has 0 spiro atoms. The van der Waals surface area contributed by atoms with E-state index < -0.39 is 17.9 Å². The number of amides is 3. The Morgan fingerprint density at radius 1 is 0.929 bits per heavy atom. The van der Waals surface area contributed by atoms with Crippen LogP contribution in [0.15, 0.2) is 48.5 Å². The van der Waals surface area contributed by atoms with Gasteiger partial charge < -0.3 is 10.1 Å². The van der Waals surface area contributed by atoms with Crippen LogP contribution in [0, 0.1) is 13.8 Å². The first-order valence-electron chi connectivity index (χ1n) is 9.02. The van der Waals surface area contributed by atoms with Gasteiger partial charge in [-0.2, -0.15) is 0 Å². The van der Waals surface area contributed by atoms with Gasteiger partial charge in [-0.3, -0.25) is 25.2 Å². The highest BCUT2D eigenvalue weighted by atomic mass is 16.5. The van der Waals surface area contributed by atoms with Gasteiger partial charge in [-0.25, -0.2) is 0 Å². The summed E-state index contributed by atoms with van der Waals surface area (Å²) in [5.74, 6) is -0.663. The van der Waals surface area contributed by atoms with Gasteiger partial charge in [0.2, 0.25) is 11.8 Å². The van der Waals surface area contributed by atoms with Crippen molar-refractivity contribution in [2.45, 2.75) is 39.7 Å². The second-order valence-electron chi connectivity index (χ2n) is 6.48. The summed E-state index contributed by atoms with van der Waals surface area (Å²) in [5, 5.41) is 2.79. The Bertz CT molecular complexity index is 837. The minimum absolute atomic E-state index is 0.00511. The minimum Gasteiger partial charge on any atom is -0.481 e. The number of benzene rings is 2. The first-order chi connectivity index (χ1) is 13.3. The summed E-state index contributed by atoms with van der Waals surface area (Å²) in [4.78, 5) is 35.9. The van der Waals surface area contributed by atoms with E-state index in [9.17, 15) is 14.4 Å². The summed E-state index contributed by atoms with van der Waals surface area (Å²) < 4.78 is 5.47. The third-order valence-corrected chi connectivity index (χ3v) is 4.00. The molecule has 7 heteroatoms. The smallest absolute Gasteiger partial charge is 0.279 e. The molecule has 1 atom stereocenters. The van der Waals surface area contributed by atoms with Crippen molar-refractivity contribution < 1.29 is 19.1 Å². The summed E-state index contributed by atoms with van der Waals surface area (Å²) >= 11 is 0. The van der Waals surface area contributed by atoms with E-state index in [0.29, 0.717) is 5.75 Å². The molecule has 0 aliphatic rings. The Balaban J connectivity index is 1.71. The zero-order valence-electron chi connectivity index (χ0n) is 16.2. The van der Waals surface area contributed by atoms with E-state index >= 15 is 0 Å². The molecule has 0 aromatic heterocycles. The van der Waals surface area contributed by atoms with Gasteiger partial charge in [0, 0.05) is 18.5 Å². The zero-order valence-corrected chi connectivity index (χ0v) is 16.2. The Morgan fingerprint density at radius 2 is 1.61 bits per heavy atom. The number of carbonyl (C=O) groups is 3. The molecule has 7 nitrogen and oxygen atoms in total. The molecular formula is C21H25N3O4. The normalized spacial score (nSPS) is 11.2. The fraction of sp³-hybridized carbons (Fsp3) is 0.286. The maximum atomic E-state index is 12.0. The number of hydrazine groups is 1. The van der Waals surface area contributed by atoms with Gasteiger partial charge in [0.15, 0.2) is 6.10 Å². The number of ether oxygens (including phenoxy) is 1. The zero-order chi connectivity index (χ0) is 20.5. The summed E-state index contributed by atoms with van der Waals surface area (Å²) in [6.07, 6.45) is -0.828. The van der Waals surface area contributed by atoms with Crippen LogP contribution in [-0.4, -0.2) is 23.8 Å². The largest absolute Gasteiger partial charge is 0.481 e. The number of nitrogens with one attached hydrogen (secondary N) is 3. The minimum atomic E-state index is -0.782. The van der Waals surface area contributed by atoms with Crippen LogP contribution in [0.5, 0.6) is 5.75 Å². The van der Waals surface area contributed by atoms with Crippen molar-refractivity contribution in [2.75, 3.05) is 5.32 Å². The molecule has 3 amide bonds. The lowest BCUT2D eigenvalue weighted by molar-refractivity contribution is -0.133. The molecule has 0 heterocycles. The van der Waals surface area contributed by atoms with E-state index in [2.05, 4.69) is 16.2 Å². The standard InChI is InChI=1S/C21H25N3O4/c1-14-9-10-15(2)18(13-14)22-19(25)11-12-20(26)23-24-21(27)16(3)28-17-7-5-4-6-8-17/h4-10,13,16H,11-12H2,1-3H3,(H,22,25)(H,23,26)(H,24,27). The van der Waals surface area contributed by atoms with Crippen LogP contribution in [0.3, 0.4) is 0 Å². The highest BCUT2D eigenvalue weighted by Gasteiger charge is 2.16. The molecule has 0 aliphatic heterocycles. The number of anilines is 1. The van der Waals surface area contributed by atoms with Crippen molar-refractivity contribution in [1.29, 1.82) is 0 Å². The quantitative estimate of drug-likeness (QED) is 0.641. The predicted octanol–water partition coefficient (Wildman–Crippen LogP) is 2.64. The average Bonchev–Trinajstić information content (AvgIpc) is 2.68. The van der Waals surface area contributed by atoms with Crippen LogP contribution < -0.4 is 20.9 Å². The van der Waals surface area contributed by atoms with Gasteiger partial charge in [0.05, 0.1) is 0 Å². The van der Waals surface area contributed by atoms with Crippen LogP contribution in [-0.2, 0) is 14.4 Å². The summed E-state index contributed by atoms with van der Waals surface area (Å²) in [5.41, 5.74) is 7.30. The van der Waals surface area contributed by atoms with E-state index in [-0.39, 0.29) is 18.7 Å². The summed E-state index contributed by atoms with van der Waals surface area (Å²) in [6, 6.07) is 14.7. The Kier molecular flexibility index (Phi) is 7.56. The van der Waals surface area contributed by atoms with E-state index in [4.69, 9.17) is 4.74 Å². The molecule has 1 unspecified atom stereocenters. The first-order valence-corrected chi connectivity index (χ1v) is 9.02. The molecule has 28 heavy (non-hydrogen) atoms. The summed E-state index contributed by atoms with van der Waals surface area (Å²) in [7, 11) is 0. The van der Waals surface area contributed by atoms with Crippen molar-refractivity contribution in [2.24, 2.45) is 0 Å². The molecule has 2 rings (SSSR count). The number of para-hydroxylation sites is 1. The molecular weight excluding hydrogens is 358 g/mol. The summed E-state index contributed by atoms with van der Waals surface area (Å²) in [6.45, 7) is 5.41. The lowest BCUT2D eigenvalue weighted by Crippen LogP contribution is -2.47. The SMILES string of the molecule is Cc1ccc(C)c(NC(=O)CCC(=O)NNC(=O)C(C)Oc2ccccc2)c1. The topological polar surface area (TPSA) is 96.5 Å². The number of aryl methyl sites for hydroxylation is 2. The van der Waals surface area contributed by atoms with Crippen molar-refractivity contribution in [3.63, 3.8) is 0 Å². The molecule has 0 fully saturated rings. The molecule has 2 aromatic carbocycles. The van der Waals surface area contributed by atoms with Gasteiger partial charge in [-0.1, -0.05) is 30.3 Å². The van der Waals surface area contributed by atoms with Gasteiger partial charge in [0.25, 0.3) is 5.91 Å². The molecule has 148 valence electrons. The van der Waals surface area contributed by atoms with Crippen LogP contribution >= 0.6 is 0 Å². The number of hydrogen-bond acceptors (Lipinski definition) is 4. The predicted molar refractivity (Wildman–Crippen MR) is 107 cm³/mol. The third-order valence-electron chi connectivity index (χ3n) is 4.00.